The van der Waals surface area contributed by atoms with Crippen LogP contribution >= 0.6 is 0 Å². The van der Waals surface area contributed by atoms with E-state index in [1.54, 1.807) is 18.3 Å². The Morgan fingerprint density at radius 1 is 1.47 bits per heavy atom. The van der Waals surface area contributed by atoms with E-state index in [-0.39, 0.29) is 5.91 Å². The van der Waals surface area contributed by atoms with E-state index in [1.165, 1.54) is 25.7 Å². The molecule has 0 spiro atoms. The second-order valence-electron chi connectivity index (χ2n) is 5.01. The van der Waals surface area contributed by atoms with Crippen LogP contribution in [0, 0.1) is 5.92 Å². The first-order chi connectivity index (χ1) is 9.29. The first-order valence-electron chi connectivity index (χ1n) is 7.16. The lowest BCUT2D eigenvalue weighted by molar-refractivity contribution is 0.0951. The summed E-state index contributed by atoms with van der Waals surface area (Å²) in [6.07, 6.45) is 8.03. The van der Waals surface area contributed by atoms with Crippen molar-refractivity contribution < 1.29 is 9.53 Å². The zero-order valence-electron chi connectivity index (χ0n) is 11.5. The lowest BCUT2D eigenvalue weighted by Gasteiger charge is -2.10. The molecule has 0 aromatic carbocycles. The van der Waals surface area contributed by atoms with Crippen molar-refractivity contribution in [3.8, 4) is 5.88 Å². The summed E-state index contributed by atoms with van der Waals surface area (Å²) in [5.74, 6) is 1.27. The molecule has 0 unspecified atom stereocenters. The number of amides is 1. The number of ether oxygens (including phenoxy) is 1. The van der Waals surface area contributed by atoms with Gasteiger partial charge in [0.2, 0.25) is 5.88 Å². The number of pyridine rings is 1. The summed E-state index contributed by atoms with van der Waals surface area (Å²) in [4.78, 5) is 16.0. The van der Waals surface area contributed by atoms with Gasteiger partial charge in [0.05, 0.1) is 6.61 Å². The van der Waals surface area contributed by atoms with E-state index in [2.05, 4.69) is 10.3 Å². The second-order valence-corrected chi connectivity index (χ2v) is 5.01. The van der Waals surface area contributed by atoms with Crippen LogP contribution in [-0.4, -0.2) is 24.0 Å². The Labute approximate surface area is 114 Å². The van der Waals surface area contributed by atoms with Gasteiger partial charge in [-0.1, -0.05) is 25.7 Å². The average molecular weight is 262 g/mol. The molecule has 1 aliphatic rings. The van der Waals surface area contributed by atoms with Crippen LogP contribution in [0.3, 0.4) is 0 Å². The van der Waals surface area contributed by atoms with Crippen LogP contribution in [0.25, 0.3) is 0 Å². The van der Waals surface area contributed by atoms with Crippen LogP contribution < -0.4 is 10.1 Å². The average Bonchev–Trinajstić information content (AvgIpc) is 2.92. The quantitative estimate of drug-likeness (QED) is 0.857. The van der Waals surface area contributed by atoms with Crippen LogP contribution in [0.4, 0.5) is 0 Å². The summed E-state index contributed by atoms with van der Waals surface area (Å²) < 4.78 is 5.29. The van der Waals surface area contributed by atoms with Crippen LogP contribution in [0.5, 0.6) is 5.88 Å². The van der Waals surface area contributed by atoms with Crippen molar-refractivity contribution in [2.24, 2.45) is 5.92 Å². The van der Waals surface area contributed by atoms with Gasteiger partial charge in [-0.25, -0.2) is 4.98 Å². The van der Waals surface area contributed by atoms with E-state index in [0.717, 1.165) is 18.9 Å². The summed E-state index contributed by atoms with van der Waals surface area (Å²) in [7, 11) is 0. The smallest absolute Gasteiger partial charge is 0.251 e. The first-order valence-corrected chi connectivity index (χ1v) is 7.16. The predicted molar refractivity (Wildman–Crippen MR) is 74.3 cm³/mol. The highest BCUT2D eigenvalue weighted by molar-refractivity contribution is 5.94. The molecule has 4 heteroatoms. The van der Waals surface area contributed by atoms with Gasteiger partial charge in [0.25, 0.3) is 5.91 Å². The zero-order valence-corrected chi connectivity index (χ0v) is 11.5. The molecule has 0 atom stereocenters. The van der Waals surface area contributed by atoms with E-state index in [4.69, 9.17) is 4.74 Å². The monoisotopic (exact) mass is 262 g/mol. The number of hydrogen-bond acceptors (Lipinski definition) is 3. The number of nitrogens with zero attached hydrogens (tertiary/aromatic N) is 1. The molecule has 4 nitrogen and oxygen atoms in total. The Morgan fingerprint density at radius 3 is 3.00 bits per heavy atom. The number of hydrogen-bond donors (Lipinski definition) is 1. The van der Waals surface area contributed by atoms with Gasteiger partial charge in [0.15, 0.2) is 0 Å². The van der Waals surface area contributed by atoms with Gasteiger partial charge >= 0.3 is 0 Å². The fourth-order valence-electron chi connectivity index (χ4n) is 2.57. The fourth-order valence-corrected chi connectivity index (χ4v) is 2.57. The molecule has 1 N–H and O–H groups in total. The van der Waals surface area contributed by atoms with E-state index in [1.807, 2.05) is 6.92 Å². The highest BCUT2D eigenvalue weighted by Crippen LogP contribution is 2.26. The number of nitrogens with one attached hydrogen (secondary N) is 1. The van der Waals surface area contributed by atoms with Crippen molar-refractivity contribution in [3.05, 3.63) is 23.9 Å². The molecule has 104 valence electrons. The highest BCUT2D eigenvalue weighted by atomic mass is 16.5. The van der Waals surface area contributed by atoms with Gasteiger partial charge in [-0.2, -0.15) is 0 Å². The standard InChI is InChI=1S/C15H22N2O2/c1-2-19-14-11-13(8-10-16-14)15(18)17-9-7-12-5-3-4-6-12/h8,10-12H,2-7,9H2,1H3,(H,17,18). The number of aromatic nitrogens is 1. The van der Waals surface area contributed by atoms with E-state index < -0.39 is 0 Å². The SMILES string of the molecule is CCOc1cc(C(=O)NCCC2CCCC2)ccn1. The van der Waals surface area contributed by atoms with Crippen molar-refractivity contribution in [3.63, 3.8) is 0 Å². The molecule has 0 saturated heterocycles. The molecule has 1 aromatic heterocycles. The summed E-state index contributed by atoms with van der Waals surface area (Å²) in [6.45, 7) is 3.21. The molecule has 2 rings (SSSR count). The lowest BCUT2D eigenvalue weighted by atomic mass is 10.0. The summed E-state index contributed by atoms with van der Waals surface area (Å²) in [6, 6.07) is 3.40. The third-order valence-corrected chi connectivity index (χ3v) is 3.60. The van der Waals surface area contributed by atoms with Crippen molar-refractivity contribution in [1.29, 1.82) is 0 Å². The van der Waals surface area contributed by atoms with Gasteiger partial charge < -0.3 is 10.1 Å². The van der Waals surface area contributed by atoms with E-state index in [9.17, 15) is 4.79 Å². The molecular formula is C15H22N2O2. The minimum absolute atomic E-state index is 0.0404. The largest absolute Gasteiger partial charge is 0.478 e. The number of carbonyl (C=O) groups excluding carboxylic acids is 1. The number of rotatable bonds is 6. The Bertz CT molecular complexity index is 414. The molecule has 19 heavy (non-hydrogen) atoms. The Morgan fingerprint density at radius 2 is 2.26 bits per heavy atom. The van der Waals surface area contributed by atoms with Crippen molar-refractivity contribution >= 4 is 5.91 Å². The maximum Gasteiger partial charge on any atom is 0.251 e. The van der Waals surface area contributed by atoms with Gasteiger partial charge in [-0.05, 0) is 25.3 Å². The normalized spacial score (nSPS) is 15.4. The van der Waals surface area contributed by atoms with Crippen molar-refractivity contribution in [1.82, 2.24) is 10.3 Å². The van der Waals surface area contributed by atoms with Crippen LogP contribution in [-0.2, 0) is 0 Å². The number of carbonyl (C=O) groups is 1. The van der Waals surface area contributed by atoms with Gasteiger partial charge in [0.1, 0.15) is 0 Å². The third-order valence-electron chi connectivity index (χ3n) is 3.60. The Balaban J connectivity index is 1.79. The van der Waals surface area contributed by atoms with Crippen molar-refractivity contribution in [2.75, 3.05) is 13.2 Å². The maximum absolute atomic E-state index is 12.0. The fraction of sp³-hybridized carbons (Fsp3) is 0.600. The minimum atomic E-state index is -0.0404. The molecule has 1 aromatic rings. The minimum Gasteiger partial charge on any atom is -0.478 e. The summed E-state index contributed by atoms with van der Waals surface area (Å²) >= 11 is 0. The van der Waals surface area contributed by atoms with Crippen LogP contribution in [0.2, 0.25) is 0 Å². The molecule has 0 radical (unpaired) electrons. The highest BCUT2D eigenvalue weighted by Gasteiger charge is 2.15. The summed E-state index contributed by atoms with van der Waals surface area (Å²) in [5.41, 5.74) is 0.616. The zero-order chi connectivity index (χ0) is 13.5. The van der Waals surface area contributed by atoms with Gasteiger partial charge in [-0.15, -0.1) is 0 Å². The van der Waals surface area contributed by atoms with Crippen molar-refractivity contribution in [2.45, 2.75) is 39.0 Å². The molecule has 0 aliphatic heterocycles. The Kier molecular flexibility index (Phi) is 5.19. The topological polar surface area (TPSA) is 51.2 Å². The molecular weight excluding hydrogens is 240 g/mol. The van der Waals surface area contributed by atoms with E-state index in [0.29, 0.717) is 18.1 Å². The molecule has 1 saturated carbocycles. The molecule has 0 bridgehead atoms. The second kappa shape index (κ2) is 7.12. The van der Waals surface area contributed by atoms with Crippen LogP contribution in [0.1, 0.15) is 49.4 Å². The van der Waals surface area contributed by atoms with Gasteiger partial charge in [0, 0.05) is 24.4 Å². The predicted octanol–water partition coefficient (Wildman–Crippen LogP) is 2.79. The molecule has 1 aliphatic carbocycles. The Hall–Kier alpha value is -1.58. The maximum atomic E-state index is 12.0. The van der Waals surface area contributed by atoms with Gasteiger partial charge in [-0.3, -0.25) is 4.79 Å². The third kappa shape index (κ3) is 4.23. The molecule has 1 heterocycles. The summed E-state index contributed by atoms with van der Waals surface area (Å²) in [5, 5.41) is 2.97. The van der Waals surface area contributed by atoms with Crippen LogP contribution in [0.15, 0.2) is 18.3 Å². The lowest BCUT2D eigenvalue weighted by Crippen LogP contribution is -2.25. The first kappa shape index (κ1) is 13.8. The van der Waals surface area contributed by atoms with E-state index >= 15 is 0 Å². The molecule has 1 amide bonds. The molecule has 1 fully saturated rings.